The molecule has 1 aromatic carbocycles. The summed E-state index contributed by atoms with van der Waals surface area (Å²) < 4.78 is 26.9. The second-order valence-electron chi connectivity index (χ2n) is 6.59. The fourth-order valence-corrected chi connectivity index (χ4v) is 4.71. The van der Waals surface area contributed by atoms with E-state index in [4.69, 9.17) is 0 Å². The first-order chi connectivity index (χ1) is 12.9. The van der Waals surface area contributed by atoms with E-state index in [0.717, 1.165) is 19.3 Å². The Morgan fingerprint density at radius 1 is 1.19 bits per heavy atom. The number of nitrogens with zero attached hydrogens (tertiary/aromatic N) is 1. The Hall–Kier alpha value is -2.46. The fraction of sp³-hybridized carbons (Fsp3) is 0.471. The Labute approximate surface area is 157 Å². The number of benzene rings is 1. The zero-order valence-corrected chi connectivity index (χ0v) is 15.5. The first kappa shape index (κ1) is 19.3. The average molecular weight is 394 g/mol. The lowest BCUT2D eigenvalue weighted by atomic mass is 10.1. The van der Waals surface area contributed by atoms with E-state index in [1.807, 2.05) is 0 Å². The number of sulfonamides is 1. The maximum atomic E-state index is 12.7. The molecule has 0 radical (unpaired) electrons. The topological polar surface area (TPSA) is 125 Å². The summed E-state index contributed by atoms with van der Waals surface area (Å²) in [4.78, 5) is 34.8. The van der Waals surface area contributed by atoms with E-state index < -0.39 is 28.0 Å². The molecule has 9 nitrogen and oxygen atoms in total. The molecular weight excluding hydrogens is 372 g/mol. The largest absolute Gasteiger partial charge is 0.326 e. The zero-order chi connectivity index (χ0) is 19.4. The van der Waals surface area contributed by atoms with Gasteiger partial charge in [0.25, 0.3) is 5.91 Å². The molecule has 146 valence electrons. The number of nitrogens with one attached hydrogen (secondary N) is 3. The van der Waals surface area contributed by atoms with Crippen LogP contribution in [0.2, 0.25) is 0 Å². The normalized spacial score (nSPS) is 20.8. The lowest BCUT2D eigenvalue weighted by Crippen LogP contribution is -2.35. The Balaban J connectivity index is 1.61. The van der Waals surface area contributed by atoms with Crippen molar-refractivity contribution in [2.75, 3.05) is 18.4 Å². The van der Waals surface area contributed by atoms with Crippen LogP contribution in [0.3, 0.4) is 0 Å². The van der Waals surface area contributed by atoms with Crippen molar-refractivity contribution >= 4 is 33.6 Å². The Morgan fingerprint density at radius 2 is 1.93 bits per heavy atom. The molecule has 0 aliphatic carbocycles. The molecule has 1 aromatic rings. The van der Waals surface area contributed by atoms with Crippen LogP contribution in [-0.2, 0) is 19.6 Å². The van der Waals surface area contributed by atoms with E-state index in [2.05, 4.69) is 16.0 Å². The van der Waals surface area contributed by atoms with Crippen LogP contribution in [0.25, 0.3) is 0 Å². The SMILES string of the molecule is O=C(CCC1NC(=O)NC1=O)Nc1cccc(S(=O)(=O)N2CCCCC2)c1. The van der Waals surface area contributed by atoms with Crippen molar-refractivity contribution in [3.8, 4) is 0 Å². The van der Waals surface area contributed by atoms with Crippen LogP contribution in [-0.4, -0.2) is 49.7 Å². The van der Waals surface area contributed by atoms with E-state index in [0.29, 0.717) is 18.8 Å². The van der Waals surface area contributed by atoms with Gasteiger partial charge in [0, 0.05) is 25.2 Å². The minimum absolute atomic E-state index is 0.0153. The molecule has 2 aliphatic heterocycles. The van der Waals surface area contributed by atoms with Crippen molar-refractivity contribution in [1.82, 2.24) is 14.9 Å². The van der Waals surface area contributed by atoms with Gasteiger partial charge in [-0.3, -0.25) is 14.9 Å². The van der Waals surface area contributed by atoms with Gasteiger partial charge >= 0.3 is 6.03 Å². The molecule has 2 aliphatic rings. The maximum Gasteiger partial charge on any atom is 0.322 e. The Kier molecular flexibility index (Phi) is 5.76. The number of hydrogen-bond donors (Lipinski definition) is 3. The summed E-state index contributed by atoms with van der Waals surface area (Å²) in [5, 5.41) is 7.17. The fourth-order valence-electron chi connectivity index (χ4n) is 3.15. The van der Waals surface area contributed by atoms with Gasteiger partial charge in [-0.05, 0) is 37.5 Å². The number of anilines is 1. The van der Waals surface area contributed by atoms with Crippen LogP contribution in [0, 0.1) is 0 Å². The molecule has 3 rings (SSSR count). The van der Waals surface area contributed by atoms with Crippen LogP contribution >= 0.6 is 0 Å². The average Bonchev–Trinajstić information content (AvgIpc) is 2.98. The molecule has 27 heavy (non-hydrogen) atoms. The molecule has 2 fully saturated rings. The number of carbonyl (C=O) groups is 3. The quantitative estimate of drug-likeness (QED) is 0.615. The third-order valence-corrected chi connectivity index (χ3v) is 6.48. The van der Waals surface area contributed by atoms with Crippen LogP contribution in [0.5, 0.6) is 0 Å². The highest BCUT2D eigenvalue weighted by Crippen LogP contribution is 2.23. The first-order valence-electron chi connectivity index (χ1n) is 8.88. The van der Waals surface area contributed by atoms with Gasteiger partial charge in [0.15, 0.2) is 0 Å². The predicted octanol–water partition coefficient (Wildman–Crippen LogP) is 0.788. The molecule has 0 aromatic heterocycles. The number of amides is 4. The van der Waals surface area contributed by atoms with Gasteiger partial charge in [-0.25, -0.2) is 13.2 Å². The Bertz CT molecular complexity index is 849. The van der Waals surface area contributed by atoms with Crippen molar-refractivity contribution in [1.29, 1.82) is 0 Å². The highest BCUT2D eigenvalue weighted by atomic mass is 32.2. The Morgan fingerprint density at radius 3 is 2.59 bits per heavy atom. The molecule has 1 atom stereocenters. The van der Waals surface area contributed by atoms with Gasteiger partial charge in [0.2, 0.25) is 15.9 Å². The van der Waals surface area contributed by atoms with Crippen LogP contribution in [0.4, 0.5) is 10.5 Å². The number of carbonyl (C=O) groups excluding carboxylic acids is 3. The first-order valence-corrected chi connectivity index (χ1v) is 10.3. The zero-order valence-electron chi connectivity index (χ0n) is 14.7. The molecule has 3 N–H and O–H groups in total. The lowest BCUT2D eigenvalue weighted by molar-refractivity contribution is -0.120. The van der Waals surface area contributed by atoms with Crippen LogP contribution < -0.4 is 16.0 Å². The maximum absolute atomic E-state index is 12.7. The summed E-state index contributed by atoms with van der Waals surface area (Å²) in [6.45, 7) is 1.02. The number of urea groups is 1. The van der Waals surface area contributed by atoms with E-state index >= 15 is 0 Å². The van der Waals surface area contributed by atoms with Gasteiger partial charge in [-0.2, -0.15) is 4.31 Å². The second-order valence-corrected chi connectivity index (χ2v) is 8.53. The predicted molar refractivity (Wildman–Crippen MR) is 97.4 cm³/mol. The summed E-state index contributed by atoms with van der Waals surface area (Å²) in [6.07, 6.45) is 2.90. The summed E-state index contributed by atoms with van der Waals surface area (Å²) in [6, 6.07) is 4.84. The molecule has 2 heterocycles. The summed E-state index contributed by atoms with van der Waals surface area (Å²) in [5.74, 6) is -0.820. The molecular formula is C17H22N4O5S. The minimum atomic E-state index is -3.58. The smallest absolute Gasteiger partial charge is 0.322 e. The number of hydrogen-bond acceptors (Lipinski definition) is 5. The number of piperidine rings is 1. The molecule has 10 heteroatoms. The van der Waals surface area contributed by atoms with Crippen LogP contribution in [0.15, 0.2) is 29.2 Å². The van der Waals surface area contributed by atoms with Gasteiger partial charge in [-0.15, -0.1) is 0 Å². The van der Waals surface area contributed by atoms with Crippen LogP contribution in [0.1, 0.15) is 32.1 Å². The van der Waals surface area contributed by atoms with Crippen molar-refractivity contribution in [3.05, 3.63) is 24.3 Å². The van der Waals surface area contributed by atoms with E-state index in [1.165, 1.54) is 16.4 Å². The van der Waals surface area contributed by atoms with Gasteiger partial charge in [-0.1, -0.05) is 12.5 Å². The third-order valence-electron chi connectivity index (χ3n) is 4.59. The summed E-state index contributed by atoms with van der Waals surface area (Å²) in [7, 11) is -3.58. The molecule has 0 saturated carbocycles. The molecule has 0 spiro atoms. The van der Waals surface area contributed by atoms with Gasteiger partial charge in [0.1, 0.15) is 6.04 Å². The third kappa shape index (κ3) is 4.64. The second kappa shape index (κ2) is 8.05. The standard InChI is InChI=1S/C17H22N4O5S/c22-15(8-7-14-16(23)20-17(24)19-14)18-12-5-4-6-13(11-12)27(25,26)21-9-2-1-3-10-21/h4-6,11,14H,1-3,7-10H2,(H,18,22)(H2,19,20,23,24). The summed E-state index contributed by atoms with van der Waals surface area (Å²) in [5.41, 5.74) is 0.373. The molecule has 0 bridgehead atoms. The van der Waals surface area contributed by atoms with Gasteiger partial charge in [0.05, 0.1) is 4.90 Å². The van der Waals surface area contributed by atoms with Crippen molar-refractivity contribution < 1.29 is 22.8 Å². The molecule has 1 unspecified atom stereocenters. The molecule has 4 amide bonds. The highest BCUT2D eigenvalue weighted by Gasteiger charge is 2.29. The van der Waals surface area contributed by atoms with E-state index in [-0.39, 0.29) is 23.6 Å². The van der Waals surface area contributed by atoms with Crippen molar-refractivity contribution in [2.45, 2.75) is 43.0 Å². The lowest BCUT2D eigenvalue weighted by Gasteiger charge is -2.26. The van der Waals surface area contributed by atoms with Gasteiger partial charge < -0.3 is 10.6 Å². The highest BCUT2D eigenvalue weighted by molar-refractivity contribution is 7.89. The monoisotopic (exact) mass is 394 g/mol. The van der Waals surface area contributed by atoms with E-state index in [9.17, 15) is 22.8 Å². The van der Waals surface area contributed by atoms with E-state index in [1.54, 1.807) is 12.1 Å². The number of imide groups is 1. The summed E-state index contributed by atoms with van der Waals surface area (Å²) >= 11 is 0. The van der Waals surface area contributed by atoms with Crippen molar-refractivity contribution in [2.24, 2.45) is 0 Å². The molecule has 2 saturated heterocycles. The number of rotatable bonds is 6. The van der Waals surface area contributed by atoms with Crippen molar-refractivity contribution in [3.63, 3.8) is 0 Å². The minimum Gasteiger partial charge on any atom is -0.326 e.